The van der Waals surface area contributed by atoms with Crippen molar-refractivity contribution in [1.29, 1.82) is 0 Å². The molecule has 1 aromatic rings. The van der Waals surface area contributed by atoms with Crippen LogP contribution < -0.4 is 16.4 Å². The number of nitrogens with one attached hydrogen (secondary N) is 2. The van der Waals surface area contributed by atoms with Crippen LogP contribution in [0.4, 0.5) is 13.2 Å². The Hall–Kier alpha value is -2.10. The third-order valence-electron chi connectivity index (χ3n) is 3.04. The summed E-state index contributed by atoms with van der Waals surface area (Å²) in [4.78, 5) is 26.9. The number of carbonyl (C=O) groups excluding carboxylic acids is 2. The molecule has 0 fully saturated rings. The summed E-state index contributed by atoms with van der Waals surface area (Å²) in [6, 6.07) is -0.728. The number of hydrogen-bond acceptors (Lipinski definition) is 4. The molecule has 1 rings (SSSR count). The predicted octanol–water partition coefficient (Wildman–Crippen LogP) is 0.161. The summed E-state index contributed by atoms with van der Waals surface area (Å²) >= 11 is 0. The van der Waals surface area contributed by atoms with Crippen LogP contribution in [0.1, 0.15) is 19.7 Å². The van der Waals surface area contributed by atoms with Crippen LogP contribution in [-0.2, 0) is 22.7 Å². The zero-order valence-corrected chi connectivity index (χ0v) is 12.9. The Morgan fingerprint density at radius 3 is 2.57 bits per heavy atom. The summed E-state index contributed by atoms with van der Waals surface area (Å²) in [5.41, 5.74) is 5.61. The summed E-state index contributed by atoms with van der Waals surface area (Å²) in [5.74, 6) is -1.02. The van der Waals surface area contributed by atoms with E-state index in [0.29, 0.717) is 0 Å². The highest BCUT2D eigenvalue weighted by atomic mass is 19.4. The Balaban J connectivity index is 2.43. The summed E-state index contributed by atoms with van der Waals surface area (Å²) in [6.07, 6.45) is -1.98. The first-order valence-electron chi connectivity index (χ1n) is 6.97. The van der Waals surface area contributed by atoms with E-state index >= 15 is 0 Å². The molecule has 0 saturated heterocycles. The Morgan fingerprint density at radius 1 is 1.35 bits per heavy atom. The number of imidazole rings is 1. The highest BCUT2D eigenvalue weighted by Gasteiger charge is 2.28. The lowest BCUT2D eigenvalue weighted by atomic mass is 10.1. The van der Waals surface area contributed by atoms with E-state index in [1.165, 1.54) is 12.4 Å². The fourth-order valence-electron chi connectivity index (χ4n) is 1.67. The number of alkyl halides is 3. The Morgan fingerprint density at radius 2 is 2.00 bits per heavy atom. The molecule has 1 atom stereocenters. The lowest BCUT2D eigenvalue weighted by Crippen LogP contribution is -2.47. The number of carbonyl (C=O) groups is 2. The van der Waals surface area contributed by atoms with Crippen molar-refractivity contribution in [2.45, 2.75) is 39.2 Å². The van der Waals surface area contributed by atoms with E-state index in [4.69, 9.17) is 5.73 Å². The van der Waals surface area contributed by atoms with Crippen LogP contribution in [0.2, 0.25) is 0 Å². The molecule has 130 valence electrons. The zero-order chi connectivity index (χ0) is 17.6. The largest absolute Gasteiger partial charge is 0.406 e. The van der Waals surface area contributed by atoms with E-state index in [0.717, 1.165) is 4.57 Å². The maximum Gasteiger partial charge on any atom is 0.406 e. The first-order valence-corrected chi connectivity index (χ1v) is 6.97. The Kier molecular flexibility index (Phi) is 6.55. The van der Waals surface area contributed by atoms with E-state index in [1.54, 1.807) is 13.8 Å². The summed E-state index contributed by atoms with van der Waals surface area (Å²) in [5, 5.41) is 4.75. The maximum absolute atomic E-state index is 12.4. The van der Waals surface area contributed by atoms with Gasteiger partial charge in [0.05, 0.1) is 19.1 Å². The van der Waals surface area contributed by atoms with Crippen molar-refractivity contribution in [3.05, 3.63) is 18.2 Å². The van der Waals surface area contributed by atoms with E-state index in [2.05, 4.69) is 15.6 Å². The maximum atomic E-state index is 12.4. The number of amides is 2. The number of nitrogens with zero attached hydrogens (tertiary/aromatic N) is 2. The number of hydrogen-bond donors (Lipinski definition) is 3. The number of halogens is 3. The second kappa shape index (κ2) is 7.95. The van der Waals surface area contributed by atoms with Gasteiger partial charge in [-0.3, -0.25) is 9.59 Å². The van der Waals surface area contributed by atoms with E-state index < -0.39 is 30.6 Å². The molecule has 0 aliphatic rings. The number of nitrogens with two attached hydrogens (primary N) is 1. The van der Waals surface area contributed by atoms with Gasteiger partial charge in [-0.05, 0) is 5.92 Å². The molecular formula is C13H20F3N5O2. The standard InChI is InChI=1S/C13H20F3N5O2/c1-8(2)11(17)12(23)20-6-10(22)19-5-9-18-3-4-21(9)7-13(14,15)16/h3-4,8,11H,5-7,17H2,1-2H3,(H,19,22)(H,20,23)/t11-/m0/s1. The van der Waals surface area contributed by atoms with Crippen molar-refractivity contribution in [2.75, 3.05) is 6.54 Å². The second-order valence-corrected chi connectivity index (χ2v) is 5.35. The van der Waals surface area contributed by atoms with Crippen LogP contribution >= 0.6 is 0 Å². The van der Waals surface area contributed by atoms with Crippen molar-refractivity contribution >= 4 is 11.8 Å². The average Bonchev–Trinajstić information content (AvgIpc) is 2.86. The van der Waals surface area contributed by atoms with Gasteiger partial charge in [0.2, 0.25) is 11.8 Å². The normalized spacial score (nSPS) is 13.0. The third kappa shape index (κ3) is 6.68. The molecule has 0 aliphatic carbocycles. The number of rotatable bonds is 7. The van der Waals surface area contributed by atoms with Gasteiger partial charge in [0, 0.05) is 12.4 Å². The monoisotopic (exact) mass is 335 g/mol. The molecule has 0 bridgehead atoms. The molecule has 0 aliphatic heterocycles. The minimum absolute atomic E-state index is 0.0703. The van der Waals surface area contributed by atoms with Gasteiger partial charge in [-0.2, -0.15) is 13.2 Å². The molecule has 7 nitrogen and oxygen atoms in total. The molecule has 10 heteroatoms. The van der Waals surface area contributed by atoms with Gasteiger partial charge in [0.1, 0.15) is 12.4 Å². The molecule has 0 radical (unpaired) electrons. The van der Waals surface area contributed by atoms with Crippen LogP contribution in [0.5, 0.6) is 0 Å². The Bertz CT molecular complexity index is 542. The van der Waals surface area contributed by atoms with Gasteiger partial charge in [0.25, 0.3) is 0 Å². The zero-order valence-electron chi connectivity index (χ0n) is 12.9. The topological polar surface area (TPSA) is 102 Å². The highest BCUT2D eigenvalue weighted by Crippen LogP contribution is 2.18. The van der Waals surface area contributed by atoms with E-state index in [9.17, 15) is 22.8 Å². The quantitative estimate of drug-likeness (QED) is 0.660. The molecule has 1 heterocycles. The summed E-state index contributed by atoms with van der Waals surface area (Å²) < 4.78 is 38.0. The molecule has 23 heavy (non-hydrogen) atoms. The summed E-state index contributed by atoms with van der Waals surface area (Å²) in [6.45, 7) is 1.88. The van der Waals surface area contributed by atoms with Gasteiger partial charge in [0.15, 0.2) is 0 Å². The van der Waals surface area contributed by atoms with Gasteiger partial charge in [-0.25, -0.2) is 4.98 Å². The van der Waals surface area contributed by atoms with Crippen molar-refractivity contribution in [1.82, 2.24) is 20.2 Å². The molecule has 0 saturated carbocycles. The molecule has 4 N–H and O–H groups in total. The van der Waals surface area contributed by atoms with Crippen molar-refractivity contribution in [3.63, 3.8) is 0 Å². The Labute approximate surface area is 131 Å². The number of aromatic nitrogens is 2. The first-order chi connectivity index (χ1) is 10.6. The minimum Gasteiger partial charge on any atom is -0.347 e. The van der Waals surface area contributed by atoms with Crippen LogP contribution in [0, 0.1) is 5.92 Å². The fourth-order valence-corrected chi connectivity index (χ4v) is 1.67. The van der Waals surface area contributed by atoms with Gasteiger partial charge >= 0.3 is 6.18 Å². The second-order valence-electron chi connectivity index (χ2n) is 5.35. The van der Waals surface area contributed by atoms with Crippen LogP contribution in [0.15, 0.2) is 12.4 Å². The SMILES string of the molecule is CC(C)[C@H](N)C(=O)NCC(=O)NCc1nccn1CC(F)(F)F. The van der Waals surface area contributed by atoms with E-state index in [1.807, 2.05) is 0 Å². The van der Waals surface area contributed by atoms with Crippen molar-refractivity contribution < 1.29 is 22.8 Å². The van der Waals surface area contributed by atoms with Crippen LogP contribution in [-0.4, -0.2) is 40.1 Å². The van der Waals surface area contributed by atoms with Crippen LogP contribution in [0.25, 0.3) is 0 Å². The van der Waals surface area contributed by atoms with Crippen molar-refractivity contribution in [2.24, 2.45) is 11.7 Å². The average molecular weight is 335 g/mol. The van der Waals surface area contributed by atoms with Crippen LogP contribution in [0.3, 0.4) is 0 Å². The highest BCUT2D eigenvalue weighted by molar-refractivity contribution is 5.87. The molecule has 0 unspecified atom stereocenters. The van der Waals surface area contributed by atoms with Gasteiger partial charge in [-0.1, -0.05) is 13.8 Å². The lowest BCUT2D eigenvalue weighted by Gasteiger charge is -2.15. The smallest absolute Gasteiger partial charge is 0.347 e. The molecule has 0 spiro atoms. The molecule has 2 amide bonds. The lowest BCUT2D eigenvalue weighted by molar-refractivity contribution is -0.141. The third-order valence-corrected chi connectivity index (χ3v) is 3.04. The van der Waals surface area contributed by atoms with E-state index in [-0.39, 0.29) is 24.8 Å². The van der Waals surface area contributed by atoms with Gasteiger partial charge < -0.3 is 20.9 Å². The molecular weight excluding hydrogens is 315 g/mol. The predicted molar refractivity (Wildman–Crippen MR) is 76.0 cm³/mol. The fraction of sp³-hybridized carbons (Fsp3) is 0.615. The molecule has 1 aromatic heterocycles. The minimum atomic E-state index is -4.37. The van der Waals surface area contributed by atoms with Gasteiger partial charge in [-0.15, -0.1) is 0 Å². The summed E-state index contributed by atoms with van der Waals surface area (Å²) in [7, 11) is 0. The molecule has 0 aromatic carbocycles. The van der Waals surface area contributed by atoms with Crippen molar-refractivity contribution in [3.8, 4) is 0 Å². The first kappa shape index (κ1) is 18.9.